The Balaban J connectivity index is 2.40. The fourth-order valence-electron chi connectivity index (χ4n) is 2.16. The van der Waals surface area contributed by atoms with Crippen molar-refractivity contribution < 1.29 is 19.2 Å². The van der Waals surface area contributed by atoms with Gasteiger partial charge in [-0.1, -0.05) is 17.7 Å². The standard InChI is InChI=1S/C14H18BClO4/c1-8-6-9(7-10(16)11(8)12(17)18)15-19-13(2,3)14(4,5)20-15/h6-7H,1-5H3,(H,17,18). The molecule has 0 bridgehead atoms. The van der Waals surface area contributed by atoms with Crippen molar-refractivity contribution in [2.45, 2.75) is 45.8 Å². The number of hydrogen-bond donors (Lipinski definition) is 1. The number of halogens is 1. The van der Waals surface area contributed by atoms with Gasteiger partial charge in [0, 0.05) is 0 Å². The van der Waals surface area contributed by atoms with Gasteiger partial charge in [-0.15, -0.1) is 0 Å². The van der Waals surface area contributed by atoms with E-state index < -0.39 is 24.3 Å². The van der Waals surface area contributed by atoms with E-state index in [2.05, 4.69) is 0 Å². The van der Waals surface area contributed by atoms with Gasteiger partial charge in [0.05, 0.1) is 21.8 Å². The first kappa shape index (κ1) is 15.4. The lowest BCUT2D eigenvalue weighted by Crippen LogP contribution is -2.41. The van der Waals surface area contributed by atoms with Gasteiger partial charge in [-0.05, 0) is 51.7 Å². The van der Waals surface area contributed by atoms with Crippen molar-refractivity contribution in [1.82, 2.24) is 0 Å². The molecule has 1 aliphatic heterocycles. The summed E-state index contributed by atoms with van der Waals surface area (Å²) in [7, 11) is -0.543. The van der Waals surface area contributed by atoms with Crippen LogP contribution in [0.3, 0.4) is 0 Å². The van der Waals surface area contributed by atoms with Crippen molar-refractivity contribution in [3.63, 3.8) is 0 Å². The molecule has 0 saturated carbocycles. The summed E-state index contributed by atoms with van der Waals surface area (Å²) in [6.45, 7) is 9.57. The van der Waals surface area contributed by atoms with Crippen LogP contribution in [0.5, 0.6) is 0 Å². The van der Waals surface area contributed by atoms with E-state index in [0.717, 1.165) is 5.46 Å². The molecule has 0 aliphatic carbocycles. The van der Waals surface area contributed by atoms with Crippen LogP contribution in [0.2, 0.25) is 5.02 Å². The second-order valence-corrected chi connectivity index (χ2v) is 6.50. The molecule has 1 aromatic rings. The molecule has 1 saturated heterocycles. The minimum Gasteiger partial charge on any atom is -0.478 e. The summed E-state index contributed by atoms with van der Waals surface area (Å²) in [5.74, 6) is -1.03. The molecular formula is C14H18BClO4. The largest absolute Gasteiger partial charge is 0.494 e. The summed E-state index contributed by atoms with van der Waals surface area (Å²) >= 11 is 6.06. The van der Waals surface area contributed by atoms with Gasteiger partial charge >= 0.3 is 13.1 Å². The van der Waals surface area contributed by atoms with Crippen molar-refractivity contribution in [2.24, 2.45) is 0 Å². The Morgan fingerprint density at radius 2 is 1.70 bits per heavy atom. The number of aromatic carboxylic acids is 1. The van der Waals surface area contributed by atoms with E-state index >= 15 is 0 Å². The lowest BCUT2D eigenvalue weighted by atomic mass is 9.78. The van der Waals surface area contributed by atoms with Gasteiger partial charge in [-0.25, -0.2) is 4.79 Å². The average molecular weight is 297 g/mol. The highest BCUT2D eigenvalue weighted by Gasteiger charge is 2.51. The number of benzene rings is 1. The molecular weight excluding hydrogens is 278 g/mol. The van der Waals surface area contributed by atoms with Gasteiger partial charge in [0.1, 0.15) is 0 Å². The lowest BCUT2D eigenvalue weighted by molar-refractivity contribution is 0.00578. The minimum atomic E-state index is -1.03. The van der Waals surface area contributed by atoms with E-state index in [1.807, 2.05) is 27.7 Å². The Bertz CT molecular complexity index is 529. The predicted octanol–water partition coefficient (Wildman–Crippen LogP) is 2.65. The highest BCUT2D eigenvalue weighted by Crippen LogP contribution is 2.36. The number of carbonyl (C=O) groups is 1. The molecule has 108 valence electrons. The van der Waals surface area contributed by atoms with Crippen LogP contribution in [0, 0.1) is 6.92 Å². The first-order valence-electron chi connectivity index (χ1n) is 6.44. The van der Waals surface area contributed by atoms with Crippen LogP contribution in [0.25, 0.3) is 0 Å². The summed E-state index contributed by atoms with van der Waals surface area (Å²) in [6.07, 6.45) is 0. The second kappa shape index (κ2) is 4.76. The van der Waals surface area contributed by atoms with Crippen molar-refractivity contribution >= 4 is 30.2 Å². The first-order valence-corrected chi connectivity index (χ1v) is 6.82. The first-order chi connectivity index (χ1) is 9.05. The Labute approximate surface area is 124 Å². The van der Waals surface area contributed by atoms with Crippen molar-refractivity contribution in [2.75, 3.05) is 0 Å². The number of carboxylic acids is 1. The van der Waals surface area contributed by atoms with Crippen LogP contribution in [0.15, 0.2) is 12.1 Å². The van der Waals surface area contributed by atoms with E-state index in [0.29, 0.717) is 5.56 Å². The van der Waals surface area contributed by atoms with Crippen molar-refractivity contribution in [1.29, 1.82) is 0 Å². The molecule has 4 nitrogen and oxygen atoms in total. The van der Waals surface area contributed by atoms with E-state index in [1.165, 1.54) is 0 Å². The Hall–Kier alpha value is -1.04. The van der Waals surface area contributed by atoms with E-state index in [9.17, 15) is 4.79 Å². The maximum Gasteiger partial charge on any atom is 0.494 e. The molecule has 1 aromatic carbocycles. The van der Waals surface area contributed by atoms with Crippen molar-refractivity contribution in [3.05, 3.63) is 28.3 Å². The third-order valence-corrected chi connectivity index (χ3v) is 4.35. The number of hydrogen-bond acceptors (Lipinski definition) is 3. The predicted molar refractivity (Wildman–Crippen MR) is 78.9 cm³/mol. The zero-order valence-electron chi connectivity index (χ0n) is 12.3. The molecule has 1 heterocycles. The minimum absolute atomic E-state index is 0.118. The molecule has 0 spiro atoms. The van der Waals surface area contributed by atoms with Gasteiger partial charge < -0.3 is 14.4 Å². The van der Waals surface area contributed by atoms with Crippen LogP contribution in [0.4, 0.5) is 0 Å². The highest BCUT2D eigenvalue weighted by molar-refractivity contribution is 6.62. The van der Waals surface area contributed by atoms with Crippen molar-refractivity contribution in [3.8, 4) is 0 Å². The number of carboxylic acid groups (broad SMARTS) is 1. The van der Waals surface area contributed by atoms with Gasteiger partial charge in [0.25, 0.3) is 0 Å². The van der Waals surface area contributed by atoms with Gasteiger partial charge in [0.15, 0.2) is 0 Å². The summed E-state index contributed by atoms with van der Waals surface area (Å²) in [5.41, 5.74) is 0.560. The lowest BCUT2D eigenvalue weighted by Gasteiger charge is -2.32. The fraction of sp³-hybridized carbons (Fsp3) is 0.500. The monoisotopic (exact) mass is 296 g/mol. The summed E-state index contributed by atoms with van der Waals surface area (Å²) in [6, 6.07) is 3.34. The summed E-state index contributed by atoms with van der Waals surface area (Å²) < 4.78 is 11.9. The average Bonchev–Trinajstić information content (AvgIpc) is 2.46. The third-order valence-electron chi connectivity index (χ3n) is 4.05. The fourth-order valence-corrected chi connectivity index (χ4v) is 2.51. The van der Waals surface area contributed by atoms with Crippen LogP contribution in [-0.4, -0.2) is 29.4 Å². The molecule has 1 fully saturated rings. The zero-order valence-corrected chi connectivity index (χ0v) is 13.0. The maximum absolute atomic E-state index is 11.1. The van der Waals surface area contributed by atoms with Gasteiger partial charge in [0.2, 0.25) is 0 Å². The Morgan fingerprint density at radius 1 is 1.20 bits per heavy atom. The molecule has 0 unspecified atom stereocenters. The van der Waals surface area contributed by atoms with E-state index in [-0.39, 0.29) is 10.6 Å². The molecule has 0 radical (unpaired) electrons. The zero-order chi connectivity index (χ0) is 15.3. The Kier molecular flexibility index (Phi) is 3.65. The summed E-state index contributed by atoms with van der Waals surface area (Å²) in [5, 5.41) is 9.32. The smallest absolute Gasteiger partial charge is 0.478 e. The van der Waals surface area contributed by atoms with Gasteiger partial charge in [-0.2, -0.15) is 0 Å². The number of rotatable bonds is 2. The summed E-state index contributed by atoms with van der Waals surface area (Å²) in [4.78, 5) is 11.1. The second-order valence-electron chi connectivity index (χ2n) is 6.09. The van der Waals surface area contributed by atoms with Crippen LogP contribution >= 0.6 is 11.6 Å². The number of aryl methyl sites for hydroxylation is 1. The molecule has 0 amide bonds. The molecule has 0 aromatic heterocycles. The maximum atomic E-state index is 11.1. The molecule has 2 rings (SSSR count). The third kappa shape index (κ3) is 2.46. The normalized spacial score (nSPS) is 20.2. The SMILES string of the molecule is Cc1cc(B2OC(C)(C)C(C)(C)O2)cc(Cl)c1C(=O)O. The molecule has 1 aliphatic rings. The molecule has 6 heteroatoms. The molecule has 20 heavy (non-hydrogen) atoms. The van der Waals surface area contributed by atoms with Crippen LogP contribution in [0.1, 0.15) is 43.6 Å². The molecule has 0 atom stereocenters. The van der Waals surface area contributed by atoms with E-state index in [4.69, 9.17) is 26.0 Å². The molecule has 1 N–H and O–H groups in total. The van der Waals surface area contributed by atoms with Crippen LogP contribution in [-0.2, 0) is 9.31 Å². The van der Waals surface area contributed by atoms with Crippen LogP contribution < -0.4 is 5.46 Å². The topological polar surface area (TPSA) is 55.8 Å². The highest BCUT2D eigenvalue weighted by atomic mass is 35.5. The van der Waals surface area contributed by atoms with E-state index in [1.54, 1.807) is 19.1 Å². The van der Waals surface area contributed by atoms with Gasteiger partial charge in [-0.3, -0.25) is 0 Å². The Morgan fingerprint density at radius 3 is 2.10 bits per heavy atom. The quantitative estimate of drug-likeness (QED) is 0.853.